The highest BCUT2D eigenvalue weighted by atomic mass is 32.2. The summed E-state index contributed by atoms with van der Waals surface area (Å²) >= 11 is 0. The van der Waals surface area contributed by atoms with E-state index in [9.17, 15) is 27.1 Å². The number of benzene rings is 2. The Labute approximate surface area is 245 Å². The lowest BCUT2D eigenvalue weighted by atomic mass is 9.93. The largest absolute Gasteiger partial charge is 0.491 e. The van der Waals surface area contributed by atoms with Gasteiger partial charge >= 0.3 is 0 Å². The standard InChI is InChI=1S/C30H38F2N4O5S/c1-20(19-37)42(39,40)34-23-2-3-24(25(18-23)35-11-7-29(5-6-29)8-12-35)33-28(38)22-16-21-4-15-41-27(21)26(17-22)36-13-9-30(31,32)10-14-36/h2-3,16-18,20,34,37H,4-15,19H2,1H3,(H,33,38)/t20-/m0/s1. The van der Waals surface area contributed by atoms with Crippen LogP contribution in [0.3, 0.4) is 0 Å². The molecule has 0 aromatic heterocycles. The number of aliphatic hydroxyl groups excluding tert-OH is 1. The maximum absolute atomic E-state index is 13.9. The molecule has 1 saturated carbocycles. The van der Waals surface area contributed by atoms with E-state index in [2.05, 4.69) is 14.9 Å². The number of ether oxygens (including phenoxy) is 1. The van der Waals surface area contributed by atoms with Gasteiger partial charge in [-0.25, -0.2) is 17.2 Å². The molecule has 2 aromatic rings. The highest BCUT2D eigenvalue weighted by Gasteiger charge is 2.44. The number of carbonyl (C=O) groups is 1. The molecule has 12 heteroatoms. The zero-order valence-corrected chi connectivity index (χ0v) is 24.6. The fraction of sp³-hybridized carbons (Fsp3) is 0.567. The molecule has 228 valence electrons. The molecule has 3 N–H and O–H groups in total. The van der Waals surface area contributed by atoms with E-state index in [0.29, 0.717) is 46.8 Å². The number of sulfonamides is 1. The number of anilines is 4. The zero-order chi connectivity index (χ0) is 29.7. The second kappa shape index (κ2) is 10.9. The lowest BCUT2D eigenvalue weighted by Gasteiger charge is -2.35. The highest BCUT2D eigenvalue weighted by molar-refractivity contribution is 7.93. The van der Waals surface area contributed by atoms with Gasteiger partial charge < -0.3 is 25.0 Å². The lowest BCUT2D eigenvalue weighted by molar-refractivity contribution is -0.0221. The van der Waals surface area contributed by atoms with Gasteiger partial charge in [0.05, 0.1) is 36.0 Å². The Morgan fingerprint density at radius 3 is 2.33 bits per heavy atom. The van der Waals surface area contributed by atoms with Crippen molar-refractivity contribution < 1.29 is 31.8 Å². The van der Waals surface area contributed by atoms with Gasteiger partial charge in [-0.15, -0.1) is 0 Å². The molecule has 1 spiro atoms. The Balaban J connectivity index is 1.28. The third kappa shape index (κ3) is 5.88. The third-order valence-corrected chi connectivity index (χ3v) is 11.0. The summed E-state index contributed by atoms with van der Waals surface area (Å²) < 4.78 is 61.4. The van der Waals surface area contributed by atoms with Gasteiger partial charge in [0.15, 0.2) is 0 Å². The summed E-state index contributed by atoms with van der Waals surface area (Å²) in [5.41, 5.74) is 4.02. The van der Waals surface area contributed by atoms with E-state index in [-0.39, 0.29) is 31.8 Å². The molecular formula is C30H38F2N4O5S. The summed E-state index contributed by atoms with van der Waals surface area (Å²) in [5.74, 6) is -2.36. The molecule has 0 radical (unpaired) electrons. The average Bonchev–Trinajstić information content (AvgIpc) is 3.53. The number of aliphatic hydroxyl groups is 1. The minimum absolute atomic E-state index is 0.181. The fourth-order valence-electron chi connectivity index (χ4n) is 6.15. The fourth-order valence-corrected chi connectivity index (χ4v) is 7.00. The van der Waals surface area contributed by atoms with Crippen molar-refractivity contribution in [2.75, 3.05) is 59.2 Å². The SMILES string of the molecule is C[C@@H](CO)S(=O)(=O)Nc1ccc(NC(=O)c2cc3c(c(N4CCC(F)(F)CC4)c2)OCC3)c(N2CCC3(CC2)CC3)c1. The zero-order valence-electron chi connectivity index (χ0n) is 23.8. The smallest absolute Gasteiger partial charge is 0.255 e. The van der Waals surface area contributed by atoms with Gasteiger partial charge in [0, 0.05) is 56.6 Å². The summed E-state index contributed by atoms with van der Waals surface area (Å²) in [6.07, 6.45) is 4.71. The number of hydrogen-bond acceptors (Lipinski definition) is 7. The molecule has 2 saturated heterocycles. The summed E-state index contributed by atoms with van der Waals surface area (Å²) in [6.45, 7) is 3.37. The number of halogens is 2. The molecule has 3 aliphatic heterocycles. The number of alkyl halides is 2. The van der Waals surface area contributed by atoms with Crippen LogP contribution in [0.4, 0.5) is 31.5 Å². The first-order valence-electron chi connectivity index (χ1n) is 14.7. The molecule has 42 heavy (non-hydrogen) atoms. The molecule has 4 aliphatic rings. The molecule has 2 aromatic carbocycles. The van der Waals surface area contributed by atoms with Crippen molar-refractivity contribution in [2.45, 2.75) is 63.0 Å². The van der Waals surface area contributed by atoms with Crippen LogP contribution in [-0.4, -0.2) is 70.0 Å². The monoisotopic (exact) mass is 604 g/mol. The van der Waals surface area contributed by atoms with Crippen molar-refractivity contribution in [1.29, 1.82) is 0 Å². The van der Waals surface area contributed by atoms with E-state index in [1.165, 1.54) is 19.8 Å². The third-order valence-electron chi connectivity index (χ3n) is 9.28. The van der Waals surface area contributed by atoms with Crippen LogP contribution in [0.5, 0.6) is 5.75 Å². The Kier molecular flexibility index (Phi) is 7.49. The van der Waals surface area contributed by atoms with Crippen LogP contribution in [0.25, 0.3) is 0 Å². The minimum atomic E-state index is -3.80. The van der Waals surface area contributed by atoms with Crippen molar-refractivity contribution in [3.8, 4) is 5.75 Å². The average molecular weight is 605 g/mol. The molecule has 1 aliphatic carbocycles. The first-order valence-corrected chi connectivity index (χ1v) is 16.3. The van der Waals surface area contributed by atoms with Crippen LogP contribution < -0.4 is 24.6 Å². The van der Waals surface area contributed by atoms with Gasteiger partial charge in [-0.1, -0.05) is 0 Å². The first-order chi connectivity index (χ1) is 20.0. The van der Waals surface area contributed by atoms with Crippen LogP contribution in [0.1, 0.15) is 61.4 Å². The topological polar surface area (TPSA) is 111 Å². The lowest BCUT2D eigenvalue weighted by Crippen LogP contribution is -2.39. The molecular weight excluding hydrogens is 566 g/mol. The predicted molar refractivity (Wildman–Crippen MR) is 159 cm³/mol. The van der Waals surface area contributed by atoms with Gasteiger partial charge in [0.1, 0.15) is 11.0 Å². The summed E-state index contributed by atoms with van der Waals surface area (Å²) in [5, 5.41) is 11.4. The van der Waals surface area contributed by atoms with Crippen LogP contribution >= 0.6 is 0 Å². The summed E-state index contributed by atoms with van der Waals surface area (Å²) in [4.78, 5) is 17.8. The van der Waals surface area contributed by atoms with Gasteiger partial charge in [0.25, 0.3) is 11.8 Å². The molecule has 1 atom stereocenters. The molecule has 3 heterocycles. The number of nitrogens with one attached hydrogen (secondary N) is 2. The number of hydrogen-bond donors (Lipinski definition) is 3. The maximum Gasteiger partial charge on any atom is 0.255 e. The Bertz CT molecular complexity index is 1460. The van der Waals surface area contributed by atoms with Gasteiger partial charge in [-0.3, -0.25) is 9.52 Å². The van der Waals surface area contributed by atoms with Gasteiger partial charge in [0.2, 0.25) is 10.0 Å². The van der Waals surface area contributed by atoms with E-state index in [0.717, 1.165) is 37.2 Å². The van der Waals surface area contributed by atoms with Crippen LogP contribution in [0.2, 0.25) is 0 Å². The number of amides is 1. The molecule has 0 unspecified atom stereocenters. The van der Waals surface area contributed by atoms with Crippen LogP contribution in [-0.2, 0) is 16.4 Å². The van der Waals surface area contributed by atoms with E-state index in [1.807, 2.05) is 4.90 Å². The summed E-state index contributed by atoms with van der Waals surface area (Å²) in [6, 6.07) is 8.55. The van der Waals surface area contributed by atoms with Crippen molar-refractivity contribution in [3.05, 3.63) is 41.5 Å². The van der Waals surface area contributed by atoms with Gasteiger partial charge in [-0.05, 0) is 68.4 Å². The number of piperidine rings is 2. The maximum atomic E-state index is 13.9. The number of nitrogens with zero attached hydrogens (tertiary/aromatic N) is 2. The minimum Gasteiger partial charge on any atom is -0.491 e. The number of fused-ring (bicyclic) bond motifs is 1. The Morgan fingerprint density at radius 2 is 1.67 bits per heavy atom. The van der Waals surface area contributed by atoms with E-state index < -0.39 is 27.8 Å². The summed E-state index contributed by atoms with van der Waals surface area (Å²) in [7, 11) is -3.80. The van der Waals surface area contributed by atoms with Crippen LogP contribution in [0.15, 0.2) is 30.3 Å². The Morgan fingerprint density at radius 1 is 1.00 bits per heavy atom. The quantitative estimate of drug-likeness (QED) is 0.404. The normalized spacial score (nSPS) is 21.4. The van der Waals surface area contributed by atoms with Crippen molar-refractivity contribution in [2.24, 2.45) is 5.41 Å². The first kappa shape index (κ1) is 29.0. The predicted octanol–water partition coefficient (Wildman–Crippen LogP) is 4.61. The van der Waals surface area contributed by atoms with Crippen LogP contribution in [0, 0.1) is 5.41 Å². The number of carbonyl (C=O) groups excluding carboxylic acids is 1. The van der Waals surface area contributed by atoms with E-state index in [4.69, 9.17) is 4.74 Å². The Hall–Kier alpha value is -3.12. The second-order valence-electron chi connectivity index (χ2n) is 12.2. The molecule has 3 fully saturated rings. The molecule has 6 rings (SSSR count). The highest BCUT2D eigenvalue weighted by Crippen LogP contribution is 2.54. The number of rotatable bonds is 8. The van der Waals surface area contributed by atoms with Gasteiger partial charge in [-0.2, -0.15) is 0 Å². The molecule has 9 nitrogen and oxygen atoms in total. The van der Waals surface area contributed by atoms with E-state index >= 15 is 0 Å². The second-order valence-corrected chi connectivity index (χ2v) is 14.3. The van der Waals surface area contributed by atoms with Crippen molar-refractivity contribution in [1.82, 2.24) is 0 Å². The molecule has 0 bridgehead atoms. The van der Waals surface area contributed by atoms with E-state index in [1.54, 1.807) is 30.3 Å². The molecule has 1 amide bonds. The van der Waals surface area contributed by atoms with Crippen molar-refractivity contribution in [3.63, 3.8) is 0 Å². The van der Waals surface area contributed by atoms with Crippen molar-refractivity contribution >= 4 is 38.7 Å².